The molecule has 124 valence electrons. The van der Waals surface area contributed by atoms with Crippen LogP contribution in [-0.4, -0.2) is 44.9 Å². The highest BCUT2D eigenvalue weighted by atomic mass is 79.9. The van der Waals surface area contributed by atoms with Crippen LogP contribution in [0, 0.1) is 0 Å². The third-order valence-corrected chi connectivity index (χ3v) is 5.31. The van der Waals surface area contributed by atoms with E-state index in [9.17, 15) is 13.2 Å². The summed E-state index contributed by atoms with van der Waals surface area (Å²) in [7, 11) is -3.82. The van der Waals surface area contributed by atoms with Crippen molar-refractivity contribution in [1.29, 1.82) is 0 Å². The average molecular weight is 393 g/mol. The van der Waals surface area contributed by atoms with Crippen LogP contribution < -0.4 is 10.1 Å². The van der Waals surface area contributed by atoms with Crippen molar-refractivity contribution in [2.75, 3.05) is 26.2 Å². The van der Waals surface area contributed by atoms with Crippen molar-refractivity contribution < 1.29 is 17.9 Å². The maximum atomic E-state index is 12.8. The van der Waals surface area contributed by atoms with Crippen molar-refractivity contribution in [3.05, 3.63) is 22.7 Å². The first-order valence-corrected chi connectivity index (χ1v) is 9.29. The first-order chi connectivity index (χ1) is 10.4. The van der Waals surface area contributed by atoms with Gasteiger partial charge in [0.15, 0.2) is 0 Å². The molecule has 0 atom stereocenters. The average Bonchev–Trinajstić information content (AvgIpc) is 2.46. The first kappa shape index (κ1) is 18.9. The van der Waals surface area contributed by atoms with Crippen molar-refractivity contribution in [3.63, 3.8) is 0 Å². The van der Waals surface area contributed by atoms with Crippen LogP contribution in [0.1, 0.15) is 20.8 Å². The van der Waals surface area contributed by atoms with E-state index in [-0.39, 0.29) is 29.6 Å². The highest BCUT2D eigenvalue weighted by Gasteiger charge is 2.28. The van der Waals surface area contributed by atoms with E-state index in [1.165, 1.54) is 6.07 Å². The van der Waals surface area contributed by atoms with Crippen LogP contribution in [0.5, 0.6) is 5.75 Å². The molecule has 0 aliphatic carbocycles. The van der Waals surface area contributed by atoms with Crippen molar-refractivity contribution in [1.82, 2.24) is 9.62 Å². The minimum absolute atomic E-state index is 0.0508. The van der Waals surface area contributed by atoms with Crippen LogP contribution in [0.15, 0.2) is 27.6 Å². The fourth-order valence-electron chi connectivity index (χ4n) is 1.88. The van der Waals surface area contributed by atoms with Gasteiger partial charge in [-0.3, -0.25) is 4.79 Å². The summed E-state index contributed by atoms with van der Waals surface area (Å²) in [6.07, 6.45) is 0. The Kier molecular flexibility index (Phi) is 7.31. The maximum absolute atomic E-state index is 12.8. The Balaban J connectivity index is 3.20. The highest BCUT2D eigenvalue weighted by molar-refractivity contribution is 9.10. The quantitative estimate of drug-likeness (QED) is 0.733. The van der Waals surface area contributed by atoms with Crippen LogP contribution in [-0.2, 0) is 14.8 Å². The number of benzene rings is 1. The van der Waals surface area contributed by atoms with Crippen molar-refractivity contribution >= 4 is 31.9 Å². The zero-order chi connectivity index (χ0) is 16.8. The van der Waals surface area contributed by atoms with Crippen LogP contribution in [0.3, 0.4) is 0 Å². The summed E-state index contributed by atoms with van der Waals surface area (Å²) in [5, 5.41) is 2.60. The summed E-state index contributed by atoms with van der Waals surface area (Å²) in [6, 6.07) is 4.80. The fourth-order valence-corrected chi connectivity index (χ4v) is 3.95. The van der Waals surface area contributed by atoms with E-state index in [1.807, 2.05) is 0 Å². The molecular weight excluding hydrogens is 372 g/mol. The Hall–Kier alpha value is -1.12. The molecule has 0 unspecified atom stereocenters. The van der Waals surface area contributed by atoms with Crippen LogP contribution >= 0.6 is 15.9 Å². The summed E-state index contributed by atoms with van der Waals surface area (Å²) >= 11 is 3.27. The van der Waals surface area contributed by atoms with E-state index in [0.717, 1.165) is 4.31 Å². The zero-order valence-electron chi connectivity index (χ0n) is 12.9. The van der Waals surface area contributed by atoms with Gasteiger partial charge in [-0.25, -0.2) is 8.42 Å². The summed E-state index contributed by atoms with van der Waals surface area (Å²) in [5.74, 6) is -0.0547. The maximum Gasteiger partial charge on any atom is 0.247 e. The molecular formula is C14H21BrN2O4S. The Morgan fingerprint density at radius 2 is 2.00 bits per heavy atom. The fraction of sp³-hybridized carbons (Fsp3) is 0.500. The molecule has 0 saturated heterocycles. The van der Waals surface area contributed by atoms with Crippen molar-refractivity contribution in [2.45, 2.75) is 25.7 Å². The van der Waals surface area contributed by atoms with Crippen LogP contribution in [0.25, 0.3) is 0 Å². The van der Waals surface area contributed by atoms with E-state index in [4.69, 9.17) is 4.74 Å². The Morgan fingerprint density at radius 3 is 2.55 bits per heavy atom. The van der Waals surface area contributed by atoms with Gasteiger partial charge >= 0.3 is 0 Å². The van der Waals surface area contributed by atoms with Gasteiger partial charge in [-0.1, -0.05) is 22.9 Å². The van der Waals surface area contributed by atoms with Gasteiger partial charge in [-0.15, -0.1) is 0 Å². The number of carbonyl (C=O) groups is 1. The number of hydrogen-bond donors (Lipinski definition) is 1. The Bertz CT molecular complexity index is 619. The number of hydrogen-bond acceptors (Lipinski definition) is 4. The number of halogens is 1. The topological polar surface area (TPSA) is 75.7 Å². The predicted molar refractivity (Wildman–Crippen MR) is 88.4 cm³/mol. The number of carbonyl (C=O) groups excluding carboxylic acids is 1. The molecule has 0 aromatic heterocycles. The minimum atomic E-state index is -3.82. The number of sulfonamides is 1. The SMILES string of the molecule is CCNC(=O)CN(CC)S(=O)(=O)c1cc(Br)ccc1OCC. The van der Waals surface area contributed by atoms with Crippen molar-refractivity contribution in [2.24, 2.45) is 0 Å². The van der Waals surface area contributed by atoms with E-state index < -0.39 is 10.0 Å². The molecule has 1 aromatic carbocycles. The smallest absolute Gasteiger partial charge is 0.247 e. The number of nitrogens with one attached hydrogen (secondary N) is 1. The van der Waals surface area contributed by atoms with Gasteiger partial charge in [-0.05, 0) is 32.0 Å². The second-order valence-corrected chi connectivity index (χ2v) is 7.23. The normalized spacial score (nSPS) is 11.5. The molecule has 0 bridgehead atoms. The lowest BCUT2D eigenvalue weighted by Crippen LogP contribution is -2.40. The number of rotatable bonds is 8. The third kappa shape index (κ3) is 4.69. The van der Waals surface area contributed by atoms with E-state index in [0.29, 0.717) is 17.6 Å². The number of ether oxygens (including phenoxy) is 1. The Morgan fingerprint density at radius 1 is 1.32 bits per heavy atom. The zero-order valence-corrected chi connectivity index (χ0v) is 15.3. The first-order valence-electron chi connectivity index (χ1n) is 7.05. The second-order valence-electron chi connectivity index (χ2n) is 4.41. The Labute approximate surface area is 140 Å². The monoisotopic (exact) mass is 392 g/mol. The summed E-state index contributed by atoms with van der Waals surface area (Å²) in [6.45, 7) is 6.04. The number of nitrogens with zero attached hydrogens (tertiary/aromatic N) is 1. The summed E-state index contributed by atoms with van der Waals surface area (Å²) in [5.41, 5.74) is 0. The van der Waals surface area contributed by atoms with Gasteiger partial charge in [0.25, 0.3) is 0 Å². The summed E-state index contributed by atoms with van der Waals surface area (Å²) < 4.78 is 32.7. The molecule has 1 rings (SSSR count). The molecule has 0 spiro atoms. The lowest BCUT2D eigenvalue weighted by molar-refractivity contribution is -0.121. The van der Waals surface area contributed by atoms with E-state index >= 15 is 0 Å². The van der Waals surface area contributed by atoms with E-state index in [1.54, 1.807) is 32.9 Å². The largest absolute Gasteiger partial charge is 0.492 e. The molecule has 0 aliphatic heterocycles. The molecule has 0 fully saturated rings. The molecule has 0 radical (unpaired) electrons. The molecule has 1 aromatic rings. The van der Waals surface area contributed by atoms with Gasteiger partial charge in [0.05, 0.1) is 13.2 Å². The van der Waals surface area contributed by atoms with Crippen molar-refractivity contribution in [3.8, 4) is 5.75 Å². The molecule has 6 nitrogen and oxygen atoms in total. The van der Waals surface area contributed by atoms with Crippen LogP contribution in [0.4, 0.5) is 0 Å². The molecule has 0 heterocycles. The highest BCUT2D eigenvalue weighted by Crippen LogP contribution is 2.30. The van der Waals surface area contributed by atoms with Gasteiger partial charge in [0.1, 0.15) is 10.6 Å². The minimum Gasteiger partial charge on any atom is -0.492 e. The van der Waals surface area contributed by atoms with Gasteiger partial charge in [0, 0.05) is 17.6 Å². The van der Waals surface area contributed by atoms with Gasteiger partial charge in [-0.2, -0.15) is 4.31 Å². The molecule has 8 heteroatoms. The number of amides is 1. The molecule has 1 N–H and O–H groups in total. The molecule has 0 aliphatic rings. The predicted octanol–water partition coefficient (Wildman–Crippen LogP) is 1.99. The van der Waals surface area contributed by atoms with Crippen LogP contribution in [0.2, 0.25) is 0 Å². The second kappa shape index (κ2) is 8.50. The third-order valence-electron chi connectivity index (χ3n) is 2.87. The molecule has 22 heavy (non-hydrogen) atoms. The van der Waals surface area contributed by atoms with E-state index in [2.05, 4.69) is 21.2 Å². The van der Waals surface area contributed by atoms with Gasteiger partial charge in [0.2, 0.25) is 15.9 Å². The molecule has 1 amide bonds. The lowest BCUT2D eigenvalue weighted by Gasteiger charge is -2.21. The molecule has 0 saturated carbocycles. The standard InChI is InChI=1S/C14H21BrN2O4S/c1-4-16-14(18)10-17(5-2)22(19,20)13-9-11(15)7-8-12(13)21-6-3/h7-9H,4-6,10H2,1-3H3,(H,16,18). The number of likely N-dealkylation sites (N-methyl/N-ethyl adjacent to an activating group) is 2. The lowest BCUT2D eigenvalue weighted by atomic mass is 10.3. The summed E-state index contributed by atoms with van der Waals surface area (Å²) in [4.78, 5) is 11.8. The van der Waals surface area contributed by atoms with Gasteiger partial charge < -0.3 is 10.1 Å².